The van der Waals surface area contributed by atoms with Gasteiger partial charge in [-0.2, -0.15) is 0 Å². The minimum absolute atomic E-state index is 0.0694. The van der Waals surface area contributed by atoms with Gasteiger partial charge in [0.25, 0.3) is 0 Å². The second-order valence-electron chi connectivity index (χ2n) is 4.22. The first kappa shape index (κ1) is 14.1. The van der Waals surface area contributed by atoms with Gasteiger partial charge in [0.15, 0.2) is 11.6 Å². The second-order valence-corrected chi connectivity index (χ2v) is 5.07. The molecule has 100 valence electrons. The van der Waals surface area contributed by atoms with Crippen molar-refractivity contribution in [3.63, 3.8) is 0 Å². The van der Waals surface area contributed by atoms with Crippen LogP contribution in [0.2, 0.25) is 0 Å². The molecule has 0 fully saturated rings. The maximum atomic E-state index is 13.7. The molecule has 2 aromatic carbocycles. The second kappa shape index (κ2) is 5.35. The van der Waals surface area contributed by atoms with Crippen LogP contribution in [0.3, 0.4) is 0 Å². The Bertz CT molecular complexity index is 628. The SMILES string of the molecule is Cc1c(Br)cccc1C(N)c1cc(F)c(F)cc1F. The van der Waals surface area contributed by atoms with Crippen molar-refractivity contribution in [1.82, 2.24) is 0 Å². The quantitative estimate of drug-likeness (QED) is 0.820. The van der Waals surface area contributed by atoms with Gasteiger partial charge in [-0.05, 0) is 30.2 Å². The molecule has 0 saturated heterocycles. The van der Waals surface area contributed by atoms with Crippen LogP contribution in [0.5, 0.6) is 0 Å². The number of nitrogens with two attached hydrogens (primary N) is 1. The van der Waals surface area contributed by atoms with Crippen LogP contribution in [0.1, 0.15) is 22.7 Å². The molecule has 5 heteroatoms. The molecule has 19 heavy (non-hydrogen) atoms. The molecule has 0 bridgehead atoms. The smallest absolute Gasteiger partial charge is 0.161 e. The van der Waals surface area contributed by atoms with E-state index in [1.165, 1.54) is 0 Å². The molecule has 2 aromatic rings. The van der Waals surface area contributed by atoms with Crippen molar-refractivity contribution in [2.75, 3.05) is 0 Å². The lowest BCUT2D eigenvalue weighted by atomic mass is 9.95. The number of halogens is 4. The third kappa shape index (κ3) is 2.67. The predicted octanol–water partition coefficient (Wildman–Crippen LogP) is 4.22. The fourth-order valence-electron chi connectivity index (χ4n) is 1.90. The Morgan fingerprint density at radius 2 is 1.63 bits per heavy atom. The van der Waals surface area contributed by atoms with Crippen LogP contribution < -0.4 is 5.73 Å². The third-order valence-electron chi connectivity index (χ3n) is 3.02. The molecular formula is C14H11BrF3N. The number of rotatable bonds is 2. The van der Waals surface area contributed by atoms with Crippen LogP contribution in [0.15, 0.2) is 34.8 Å². The Hall–Kier alpha value is -1.33. The van der Waals surface area contributed by atoms with Crippen LogP contribution in [-0.2, 0) is 0 Å². The molecule has 0 amide bonds. The van der Waals surface area contributed by atoms with E-state index in [1.807, 2.05) is 13.0 Å². The van der Waals surface area contributed by atoms with E-state index in [0.717, 1.165) is 16.1 Å². The Labute approximate surface area is 117 Å². The standard InChI is InChI=1S/C14H11BrF3N/c1-7-8(3-2-4-10(7)15)14(19)9-5-12(17)13(18)6-11(9)16/h2-6,14H,19H2,1H3. The van der Waals surface area contributed by atoms with Crippen molar-refractivity contribution < 1.29 is 13.2 Å². The fourth-order valence-corrected chi connectivity index (χ4v) is 2.29. The number of hydrogen-bond donors (Lipinski definition) is 1. The third-order valence-corrected chi connectivity index (χ3v) is 3.88. The predicted molar refractivity (Wildman–Crippen MR) is 71.2 cm³/mol. The Balaban J connectivity index is 2.53. The number of hydrogen-bond acceptors (Lipinski definition) is 1. The normalized spacial score (nSPS) is 12.5. The monoisotopic (exact) mass is 329 g/mol. The van der Waals surface area contributed by atoms with Gasteiger partial charge in [0.1, 0.15) is 5.82 Å². The summed E-state index contributed by atoms with van der Waals surface area (Å²) in [5.41, 5.74) is 7.37. The van der Waals surface area contributed by atoms with Gasteiger partial charge in [0, 0.05) is 16.1 Å². The highest BCUT2D eigenvalue weighted by Crippen LogP contribution is 2.29. The van der Waals surface area contributed by atoms with Crippen LogP contribution in [0, 0.1) is 24.4 Å². The summed E-state index contributed by atoms with van der Waals surface area (Å²) >= 11 is 3.35. The largest absolute Gasteiger partial charge is 0.320 e. The maximum absolute atomic E-state index is 13.7. The molecule has 0 aliphatic rings. The summed E-state index contributed by atoms with van der Waals surface area (Å²) in [4.78, 5) is 0. The van der Waals surface area contributed by atoms with Crippen LogP contribution in [-0.4, -0.2) is 0 Å². The minimum Gasteiger partial charge on any atom is -0.320 e. The van der Waals surface area contributed by atoms with Gasteiger partial charge in [-0.25, -0.2) is 13.2 Å². The summed E-state index contributed by atoms with van der Waals surface area (Å²) in [6.45, 7) is 1.82. The summed E-state index contributed by atoms with van der Waals surface area (Å²) in [5, 5.41) is 0. The molecule has 2 rings (SSSR count). The topological polar surface area (TPSA) is 26.0 Å². The summed E-state index contributed by atoms with van der Waals surface area (Å²) in [6.07, 6.45) is 0. The van der Waals surface area contributed by atoms with Gasteiger partial charge in [-0.15, -0.1) is 0 Å². The Morgan fingerprint density at radius 3 is 2.32 bits per heavy atom. The van der Waals surface area contributed by atoms with E-state index in [2.05, 4.69) is 15.9 Å². The average molecular weight is 330 g/mol. The first-order valence-corrected chi connectivity index (χ1v) is 6.36. The summed E-state index contributed by atoms with van der Waals surface area (Å²) in [6, 6.07) is 5.77. The molecule has 0 aliphatic heterocycles. The molecule has 0 radical (unpaired) electrons. The molecule has 0 heterocycles. The Morgan fingerprint density at radius 1 is 1.00 bits per heavy atom. The molecule has 0 aromatic heterocycles. The van der Waals surface area contributed by atoms with E-state index in [9.17, 15) is 13.2 Å². The molecule has 0 spiro atoms. The van der Waals surface area contributed by atoms with Gasteiger partial charge in [-0.3, -0.25) is 0 Å². The molecule has 1 atom stereocenters. The summed E-state index contributed by atoms with van der Waals surface area (Å²) < 4.78 is 40.6. The van der Waals surface area contributed by atoms with Crippen molar-refractivity contribution in [2.45, 2.75) is 13.0 Å². The number of benzene rings is 2. The zero-order chi connectivity index (χ0) is 14.2. The van der Waals surface area contributed by atoms with Crippen molar-refractivity contribution in [3.05, 3.63) is 68.9 Å². The van der Waals surface area contributed by atoms with Gasteiger partial charge >= 0.3 is 0 Å². The zero-order valence-corrected chi connectivity index (χ0v) is 11.6. The van der Waals surface area contributed by atoms with Crippen LogP contribution in [0.25, 0.3) is 0 Å². The molecule has 2 N–H and O–H groups in total. The van der Waals surface area contributed by atoms with E-state index in [0.29, 0.717) is 11.6 Å². The molecule has 1 nitrogen and oxygen atoms in total. The van der Waals surface area contributed by atoms with E-state index in [1.54, 1.807) is 12.1 Å². The van der Waals surface area contributed by atoms with Gasteiger partial charge in [-0.1, -0.05) is 28.1 Å². The lowest BCUT2D eigenvalue weighted by Gasteiger charge is -2.17. The van der Waals surface area contributed by atoms with E-state index in [4.69, 9.17) is 5.73 Å². The molecule has 0 saturated carbocycles. The molecular weight excluding hydrogens is 319 g/mol. The van der Waals surface area contributed by atoms with Crippen molar-refractivity contribution in [2.24, 2.45) is 5.73 Å². The average Bonchev–Trinajstić information content (AvgIpc) is 2.36. The van der Waals surface area contributed by atoms with Crippen molar-refractivity contribution in [3.8, 4) is 0 Å². The molecule has 1 unspecified atom stereocenters. The lowest BCUT2D eigenvalue weighted by Crippen LogP contribution is -2.16. The van der Waals surface area contributed by atoms with Gasteiger partial charge < -0.3 is 5.73 Å². The highest BCUT2D eigenvalue weighted by molar-refractivity contribution is 9.10. The highest BCUT2D eigenvalue weighted by atomic mass is 79.9. The Kier molecular flexibility index (Phi) is 3.96. The minimum atomic E-state index is -1.22. The van der Waals surface area contributed by atoms with Crippen molar-refractivity contribution in [1.29, 1.82) is 0 Å². The van der Waals surface area contributed by atoms with E-state index >= 15 is 0 Å². The van der Waals surface area contributed by atoms with Crippen LogP contribution in [0.4, 0.5) is 13.2 Å². The molecule has 0 aliphatic carbocycles. The van der Waals surface area contributed by atoms with Crippen LogP contribution >= 0.6 is 15.9 Å². The first-order chi connectivity index (χ1) is 8.91. The fraction of sp³-hybridized carbons (Fsp3) is 0.143. The van der Waals surface area contributed by atoms with E-state index in [-0.39, 0.29) is 5.56 Å². The van der Waals surface area contributed by atoms with E-state index < -0.39 is 23.5 Å². The van der Waals surface area contributed by atoms with Crippen molar-refractivity contribution >= 4 is 15.9 Å². The summed E-state index contributed by atoms with van der Waals surface area (Å²) in [7, 11) is 0. The van der Waals surface area contributed by atoms with Gasteiger partial charge in [0.05, 0.1) is 6.04 Å². The first-order valence-electron chi connectivity index (χ1n) is 5.57. The maximum Gasteiger partial charge on any atom is 0.161 e. The highest BCUT2D eigenvalue weighted by Gasteiger charge is 2.19. The van der Waals surface area contributed by atoms with Gasteiger partial charge in [0.2, 0.25) is 0 Å². The zero-order valence-electron chi connectivity index (χ0n) is 10.1. The lowest BCUT2D eigenvalue weighted by molar-refractivity contribution is 0.487. The summed E-state index contributed by atoms with van der Waals surface area (Å²) in [5.74, 6) is -3.19.